The third-order valence-electron chi connectivity index (χ3n) is 3.38. The normalized spacial score (nSPS) is 22.0. The second-order valence-electron chi connectivity index (χ2n) is 5.38. The summed E-state index contributed by atoms with van der Waals surface area (Å²) >= 11 is 0. The lowest BCUT2D eigenvalue weighted by atomic mass is 10.2. The van der Waals surface area contributed by atoms with Crippen molar-refractivity contribution >= 4 is 10.0 Å². The van der Waals surface area contributed by atoms with Crippen molar-refractivity contribution in [1.82, 2.24) is 9.62 Å². The van der Waals surface area contributed by atoms with Gasteiger partial charge >= 0.3 is 0 Å². The number of nitrogens with one attached hydrogen (secondary N) is 1. The van der Waals surface area contributed by atoms with Crippen molar-refractivity contribution in [1.29, 1.82) is 0 Å². The molecule has 1 atom stereocenters. The van der Waals surface area contributed by atoms with Gasteiger partial charge in [0.1, 0.15) is 0 Å². The minimum atomic E-state index is -3.12. The van der Waals surface area contributed by atoms with Crippen LogP contribution in [0.1, 0.15) is 40.0 Å². The first-order valence-electron chi connectivity index (χ1n) is 7.28. The molecular weight excluding hydrogens is 264 g/mol. The maximum absolute atomic E-state index is 12.3. The number of nitrogens with zero attached hydrogens (tertiary/aromatic N) is 1. The molecule has 5 nitrogen and oxygen atoms in total. The molecule has 0 aliphatic carbocycles. The fourth-order valence-electron chi connectivity index (χ4n) is 2.24. The molecule has 0 bridgehead atoms. The Morgan fingerprint density at radius 3 is 2.74 bits per heavy atom. The molecular formula is C13H28N2O3S. The molecule has 1 N–H and O–H groups in total. The van der Waals surface area contributed by atoms with Crippen LogP contribution < -0.4 is 5.32 Å². The van der Waals surface area contributed by atoms with Crippen LogP contribution in [-0.2, 0) is 14.8 Å². The van der Waals surface area contributed by atoms with Crippen LogP contribution in [0.4, 0.5) is 0 Å². The van der Waals surface area contributed by atoms with Crippen molar-refractivity contribution in [3.63, 3.8) is 0 Å². The van der Waals surface area contributed by atoms with Crippen molar-refractivity contribution in [3.8, 4) is 0 Å². The standard InChI is InChI=1S/C13H28N2O3S/c1-4-13-11-18-9-8-15(13)19(16,17)10-6-5-7-14-12(2)3/h12-14H,4-11H2,1-3H3. The van der Waals surface area contributed by atoms with E-state index in [0.717, 1.165) is 25.8 Å². The third kappa shape index (κ3) is 5.77. The number of morpholine rings is 1. The lowest BCUT2D eigenvalue weighted by molar-refractivity contribution is 0.0314. The number of hydrogen-bond donors (Lipinski definition) is 1. The number of unbranched alkanes of at least 4 members (excludes halogenated alkanes) is 1. The molecule has 1 saturated heterocycles. The molecule has 1 rings (SSSR count). The van der Waals surface area contributed by atoms with E-state index in [1.54, 1.807) is 4.31 Å². The van der Waals surface area contributed by atoms with Gasteiger partial charge in [-0.3, -0.25) is 0 Å². The van der Waals surface area contributed by atoms with Gasteiger partial charge in [0.25, 0.3) is 0 Å². The number of ether oxygens (including phenoxy) is 1. The Balaban J connectivity index is 2.37. The average molecular weight is 292 g/mol. The molecule has 0 amide bonds. The van der Waals surface area contributed by atoms with Crippen molar-refractivity contribution in [3.05, 3.63) is 0 Å². The summed E-state index contributed by atoms with van der Waals surface area (Å²) in [7, 11) is -3.12. The van der Waals surface area contributed by atoms with Gasteiger partial charge in [0.05, 0.1) is 19.0 Å². The highest BCUT2D eigenvalue weighted by atomic mass is 32.2. The van der Waals surface area contributed by atoms with Crippen molar-refractivity contribution < 1.29 is 13.2 Å². The lowest BCUT2D eigenvalue weighted by Gasteiger charge is -2.34. The average Bonchev–Trinajstić information content (AvgIpc) is 2.37. The predicted molar refractivity (Wildman–Crippen MR) is 77.8 cm³/mol. The van der Waals surface area contributed by atoms with E-state index in [1.807, 2.05) is 6.92 Å². The highest BCUT2D eigenvalue weighted by Gasteiger charge is 2.31. The molecule has 114 valence electrons. The minimum Gasteiger partial charge on any atom is -0.378 e. The molecule has 19 heavy (non-hydrogen) atoms. The molecule has 1 heterocycles. The maximum atomic E-state index is 12.3. The summed E-state index contributed by atoms with van der Waals surface area (Å²) in [4.78, 5) is 0. The summed E-state index contributed by atoms with van der Waals surface area (Å²) in [5, 5.41) is 3.30. The van der Waals surface area contributed by atoms with Crippen LogP contribution in [0, 0.1) is 0 Å². The lowest BCUT2D eigenvalue weighted by Crippen LogP contribution is -2.49. The summed E-state index contributed by atoms with van der Waals surface area (Å²) in [6.07, 6.45) is 2.43. The van der Waals surface area contributed by atoms with Gasteiger partial charge in [-0.2, -0.15) is 4.31 Å². The van der Waals surface area contributed by atoms with Crippen LogP contribution in [0.25, 0.3) is 0 Å². The van der Waals surface area contributed by atoms with E-state index in [4.69, 9.17) is 4.74 Å². The first kappa shape index (κ1) is 16.9. The summed E-state index contributed by atoms with van der Waals surface area (Å²) < 4.78 is 31.6. The Morgan fingerprint density at radius 1 is 1.37 bits per heavy atom. The van der Waals surface area contributed by atoms with E-state index >= 15 is 0 Å². The smallest absolute Gasteiger partial charge is 0.214 e. The van der Waals surface area contributed by atoms with Gasteiger partial charge in [0, 0.05) is 18.6 Å². The van der Waals surface area contributed by atoms with E-state index in [0.29, 0.717) is 25.8 Å². The fraction of sp³-hybridized carbons (Fsp3) is 1.00. The Bertz CT molecular complexity index is 344. The Kier molecular flexibility index (Phi) is 7.28. The van der Waals surface area contributed by atoms with Gasteiger partial charge in [-0.1, -0.05) is 20.8 Å². The van der Waals surface area contributed by atoms with Gasteiger partial charge in [0.2, 0.25) is 10.0 Å². The van der Waals surface area contributed by atoms with Crippen molar-refractivity contribution in [2.45, 2.75) is 52.1 Å². The van der Waals surface area contributed by atoms with Gasteiger partial charge in [-0.15, -0.1) is 0 Å². The zero-order chi connectivity index (χ0) is 14.3. The Morgan fingerprint density at radius 2 is 2.11 bits per heavy atom. The molecule has 0 aromatic heterocycles. The molecule has 0 aromatic carbocycles. The van der Waals surface area contributed by atoms with Crippen LogP contribution in [0.2, 0.25) is 0 Å². The first-order valence-corrected chi connectivity index (χ1v) is 8.89. The molecule has 6 heteroatoms. The zero-order valence-electron chi connectivity index (χ0n) is 12.4. The quantitative estimate of drug-likeness (QED) is 0.683. The second kappa shape index (κ2) is 8.19. The molecule has 0 saturated carbocycles. The van der Waals surface area contributed by atoms with Gasteiger partial charge in [-0.05, 0) is 25.8 Å². The summed E-state index contributed by atoms with van der Waals surface area (Å²) in [6, 6.07) is 0.480. The molecule has 0 spiro atoms. The number of sulfonamides is 1. The van der Waals surface area contributed by atoms with Crippen molar-refractivity contribution in [2.24, 2.45) is 0 Å². The maximum Gasteiger partial charge on any atom is 0.214 e. The Hall–Kier alpha value is -0.170. The third-order valence-corrected chi connectivity index (χ3v) is 5.38. The largest absolute Gasteiger partial charge is 0.378 e. The van der Waals surface area contributed by atoms with Gasteiger partial charge < -0.3 is 10.1 Å². The topological polar surface area (TPSA) is 58.6 Å². The van der Waals surface area contributed by atoms with E-state index in [9.17, 15) is 8.42 Å². The van der Waals surface area contributed by atoms with Crippen LogP contribution in [0.3, 0.4) is 0 Å². The monoisotopic (exact) mass is 292 g/mol. The number of hydrogen-bond acceptors (Lipinski definition) is 4. The van der Waals surface area contributed by atoms with E-state index in [2.05, 4.69) is 19.2 Å². The van der Waals surface area contributed by atoms with Crippen LogP contribution in [-0.4, -0.2) is 56.9 Å². The number of rotatable bonds is 8. The minimum absolute atomic E-state index is 0.0209. The predicted octanol–water partition coefficient (Wildman–Crippen LogP) is 1.21. The molecule has 0 aromatic rings. The molecule has 1 unspecified atom stereocenters. The molecule has 1 aliphatic rings. The summed E-state index contributed by atoms with van der Waals surface area (Å²) in [5.74, 6) is 0.253. The van der Waals surface area contributed by atoms with E-state index in [1.165, 1.54) is 0 Å². The SMILES string of the molecule is CCC1COCCN1S(=O)(=O)CCCCNC(C)C. The molecule has 1 fully saturated rings. The molecule has 1 aliphatic heterocycles. The van der Waals surface area contributed by atoms with Gasteiger partial charge in [-0.25, -0.2) is 8.42 Å². The second-order valence-corrected chi connectivity index (χ2v) is 7.42. The zero-order valence-corrected chi connectivity index (χ0v) is 13.2. The van der Waals surface area contributed by atoms with Crippen LogP contribution >= 0.6 is 0 Å². The van der Waals surface area contributed by atoms with E-state index in [-0.39, 0.29) is 11.8 Å². The van der Waals surface area contributed by atoms with Crippen LogP contribution in [0.15, 0.2) is 0 Å². The highest BCUT2D eigenvalue weighted by Crippen LogP contribution is 2.16. The fourth-order valence-corrected chi connectivity index (χ4v) is 4.07. The van der Waals surface area contributed by atoms with Gasteiger partial charge in [0.15, 0.2) is 0 Å². The Labute approximate surface area is 117 Å². The summed E-state index contributed by atoms with van der Waals surface area (Å²) in [5.41, 5.74) is 0. The summed E-state index contributed by atoms with van der Waals surface area (Å²) in [6.45, 7) is 8.63. The van der Waals surface area contributed by atoms with E-state index < -0.39 is 10.0 Å². The molecule has 0 radical (unpaired) electrons. The van der Waals surface area contributed by atoms with Crippen molar-refractivity contribution in [2.75, 3.05) is 32.1 Å². The highest BCUT2D eigenvalue weighted by molar-refractivity contribution is 7.89. The first-order chi connectivity index (χ1) is 8.97. The van der Waals surface area contributed by atoms with Crippen LogP contribution in [0.5, 0.6) is 0 Å².